The fourth-order valence-electron chi connectivity index (χ4n) is 2.92. The van der Waals surface area contributed by atoms with Crippen LogP contribution in [0.1, 0.15) is 25.8 Å². The molecule has 1 N–H and O–H groups in total. The van der Waals surface area contributed by atoms with Gasteiger partial charge in [-0.15, -0.1) is 0 Å². The minimum absolute atomic E-state index is 0.126. The minimum Gasteiger partial charge on any atom is -0.495 e. The van der Waals surface area contributed by atoms with Gasteiger partial charge in [-0.2, -0.15) is 0 Å². The van der Waals surface area contributed by atoms with Crippen molar-refractivity contribution in [2.75, 3.05) is 30.8 Å². The third-order valence-electron chi connectivity index (χ3n) is 4.37. The molecule has 0 aromatic heterocycles. The number of halogens is 1. The molecule has 0 radical (unpaired) electrons. The molecule has 2 aromatic rings. The Hall–Kier alpha value is -2.45. The van der Waals surface area contributed by atoms with E-state index in [0.29, 0.717) is 18.0 Å². The number of hydrogen-bond acceptors (Lipinski definition) is 5. The van der Waals surface area contributed by atoms with Crippen LogP contribution < -0.4 is 19.1 Å². The predicted molar refractivity (Wildman–Crippen MR) is 124 cm³/mol. The molecular weight excluding hydrogens is 440 g/mol. The number of nitrogens with one attached hydrogen (secondary N) is 1. The average molecular weight is 469 g/mol. The molecule has 0 aliphatic rings. The van der Waals surface area contributed by atoms with Gasteiger partial charge in [0.1, 0.15) is 18.0 Å². The topological polar surface area (TPSA) is 84.9 Å². The SMILES string of the molecule is COc1ccc(N(CC(=O)NCCCc2ccc(OC(C)C)cc2)S(C)(=O)=O)cc1Cl. The maximum absolute atomic E-state index is 12.3. The van der Waals surface area contributed by atoms with Crippen molar-refractivity contribution in [1.82, 2.24) is 5.32 Å². The first-order valence-electron chi connectivity index (χ1n) is 9.93. The lowest BCUT2D eigenvalue weighted by molar-refractivity contribution is -0.119. The molecule has 7 nitrogen and oxygen atoms in total. The molecule has 0 aliphatic heterocycles. The Bertz CT molecular complexity index is 978. The van der Waals surface area contributed by atoms with Crippen LogP contribution in [0.3, 0.4) is 0 Å². The van der Waals surface area contributed by atoms with Gasteiger partial charge >= 0.3 is 0 Å². The molecule has 0 spiro atoms. The fraction of sp³-hybridized carbons (Fsp3) is 0.409. The standard InChI is InChI=1S/C22H29ClN2O5S/c1-16(2)30-19-10-7-17(8-11-19)6-5-13-24-22(26)15-25(31(4,27)28)18-9-12-21(29-3)20(23)14-18/h7-12,14,16H,5-6,13,15H2,1-4H3,(H,24,26). The maximum Gasteiger partial charge on any atom is 0.240 e. The lowest BCUT2D eigenvalue weighted by atomic mass is 10.1. The van der Waals surface area contributed by atoms with E-state index in [4.69, 9.17) is 21.1 Å². The number of methoxy groups -OCH3 is 1. The summed E-state index contributed by atoms with van der Waals surface area (Å²) in [4.78, 5) is 12.3. The first-order valence-corrected chi connectivity index (χ1v) is 12.2. The molecule has 31 heavy (non-hydrogen) atoms. The molecule has 2 aromatic carbocycles. The van der Waals surface area contributed by atoms with Crippen molar-refractivity contribution in [3.63, 3.8) is 0 Å². The molecule has 0 saturated heterocycles. The van der Waals surface area contributed by atoms with E-state index < -0.39 is 15.9 Å². The third-order valence-corrected chi connectivity index (χ3v) is 5.81. The second-order valence-corrected chi connectivity index (χ2v) is 9.67. The van der Waals surface area contributed by atoms with E-state index >= 15 is 0 Å². The number of anilines is 1. The number of carbonyl (C=O) groups is 1. The van der Waals surface area contributed by atoms with Gasteiger partial charge in [-0.1, -0.05) is 23.7 Å². The molecule has 170 valence electrons. The van der Waals surface area contributed by atoms with Gasteiger partial charge < -0.3 is 14.8 Å². The number of sulfonamides is 1. The number of rotatable bonds is 11. The zero-order valence-corrected chi connectivity index (χ0v) is 19.8. The van der Waals surface area contributed by atoms with E-state index in [-0.39, 0.29) is 17.7 Å². The Morgan fingerprint density at radius 3 is 2.39 bits per heavy atom. The predicted octanol–water partition coefficient (Wildman–Crippen LogP) is 3.65. The number of nitrogens with zero attached hydrogens (tertiary/aromatic N) is 1. The Morgan fingerprint density at radius 1 is 1.16 bits per heavy atom. The summed E-state index contributed by atoms with van der Waals surface area (Å²) < 4.78 is 36.1. The Kier molecular flexibility index (Phi) is 9.00. The van der Waals surface area contributed by atoms with Crippen LogP contribution in [-0.2, 0) is 21.2 Å². The van der Waals surface area contributed by atoms with Crippen molar-refractivity contribution in [2.45, 2.75) is 32.8 Å². The summed E-state index contributed by atoms with van der Waals surface area (Å²) in [5.74, 6) is 0.858. The number of carbonyl (C=O) groups excluding carboxylic acids is 1. The van der Waals surface area contributed by atoms with Crippen LogP contribution in [0.2, 0.25) is 5.02 Å². The number of aryl methyl sites for hydroxylation is 1. The highest BCUT2D eigenvalue weighted by Gasteiger charge is 2.21. The normalized spacial score (nSPS) is 11.3. The van der Waals surface area contributed by atoms with Crippen LogP contribution in [-0.4, -0.2) is 46.9 Å². The summed E-state index contributed by atoms with van der Waals surface area (Å²) in [6.07, 6.45) is 2.68. The number of ether oxygens (including phenoxy) is 2. The minimum atomic E-state index is -3.67. The van der Waals surface area contributed by atoms with Crippen LogP contribution in [0.25, 0.3) is 0 Å². The largest absolute Gasteiger partial charge is 0.495 e. The molecular formula is C22H29ClN2O5S. The molecule has 2 rings (SSSR count). The second kappa shape index (κ2) is 11.2. The van der Waals surface area contributed by atoms with Crippen molar-refractivity contribution in [2.24, 2.45) is 0 Å². The Morgan fingerprint density at radius 2 is 1.84 bits per heavy atom. The second-order valence-electron chi connectivity index (χ2n) is 7.35. The average Bonchev–Trinajstić information content (AvgIpc) is 2.69. The van der Waals surface area contributed by atoms with Crippen molar-refractivity contribution in [3.8, 4) is 11.5 Å². The van der Waals surface area contributed by atoms with Crippen LogP contribution in [0.15, 0.2) is 42.5 Å². The van der Waals surface area contributed by atoms with Gasteiger partial charge in [-0.3, -0.25) is 9.10 Å². The molecule has 0 saturated carbocycles. The molecule has 0 bridgehead atoms. The van der Waals surface area contributed by atoms with Crippen molar-refractivity contribution < 1.29 is 22.7 Å². The van der Waals surface area contributed by atoms with E-state index in [9.17, 15) is 13.2 Å². The highest BCUT2D eigenvalue weighted by molar-refractivity contribution is 7.92. The first-order chi connectivity index (χ1) is 14.6. The van der Waals surface area contributed by atoms with Crippen LogP contribution >= 0.6 is 11.6 Å². The summed E-state index contributed by atoms with van der Waals surface area (Å²) in [5, 5.41) is 3.04. The van der Waals surface area contributed by atoms with E-state index in [0.717, 1.165) is 34.7 Å². The van der Waals surface area contributed by atoms with Crippen LogP contribution in [0, 0.1) is 0 Å². The van der Waals surface area contributed by atoms with Gasteiger partial charge in [0.2, 0.25) is 15.9 Å². The molecule has 0 aliphatic carbocycles. The Balaban J connectivity index is 1.88. The maximum atomic E-state index is 12.3. The molecule has 0 atom stereocenters. The van der Waals surface area contributed by atoms with E-state index in [1.165, 1.54) is 13.2 Å². The smallest absolute Gasteiger partial charge is 0.240 e. The lowest BCUT2D eigenvalue weighted by Gasteiger charge is -2.22. The summed E-state index contributed by atoms with van der Waals surface area (Å²) >= 11 is 6.10. The van der Waals surface area contributed by atoms with Gasteiger partial charge in [0.05, 0.1) is 30.2 Å². The van der Waals surface area contributed by atoms with Crippen molar-refractivity contribution >= 4 is 33.2 Å². The molecule has 1 amide bonds. The number of hydrogen-bond donors (Lipinski definition) is 1. The van der Waals surface area contributed by atoms with Gasteiger partial charge in [-0.05, 0) is 62.6 Å². The lowest BCUT2D eigenvalue weighted by Crippen LogP contribution is -2.40. The highest BCUT2D eigenvalue weighted by Crippen LogP contribution is 2.30. The van der Waals surface area contributed by atoms with Crippen molar-refractivity contribution in [3.05, 3.63) is 53.1 Å². The zero-order valence-electron chi connectivity index (χ0n) is 18.2. The third kappa shape index (κ3) is 7.95. The summed E-state index contributed by atoms with van der Waals surface area (Å²) in [5.41, 5.74) is 1.43. The van der Waals surface area contributed by atoms with Gasteiger partial charge in [0.15, 0.2) is 0 Å². The number of benzene rings is 2. The van der Waals surface area contributed by atoms with E-state index in [1.54, 1.807) is 12.1 Å². The van der Waals surface area contributed by atoms with E-state index in [1.807, 2.05) is 38.1 Å². The van der Waals surface area contributed by atoms with Gasteiger partial charge in [-0.25, -0.2) is 8.42 Å². The molecule has 0 unspecified atom stereocenters. The molecule has 9 heteroatoms. The van der Waals surface area contributed by atoms with Crippen LogP contribution in [0.4, 0.5) is 5.69 Å². The summed E-state index contributed by atoms with van der Waals surface area (Å²) in [7, 11) is -2.21. The van der Waals surface area contributed by atoms with Crippen molar-refractivity contribution in [1.29, 1.82) is 0 Å². The quantitative estimate of drug-likeness (QED) is 0.509. The van der Waals surface area contributed by atoms with Crippen LogP contribution in [0.5, 0.6) is 11.5 Å². The van der Waals surface area contributed by atoms with Gasteiger partial charge in [0, 0.05) is 6.54 Å². The Labute approximate surface area is 189 Å². The van der Waals surface area contributed by atoms with E-state index in [2.05, 4.69) is 5.32 Å². The number of amides is 1. The summed E-state index contributed by atoms with van der Waals surface area (Å²) in [6, 6.07) is 12.4. The zero-order chi connectivity index (χ0) is 23.0. The van der Waals surface area contributed by atoms with Gasteiger partial charge in [0.25, 0.3) is 0 Å². The summed E-state index contributed by atoms with van der Waals surface area (Å²) in [6.45, 7) is 4.06. The monoisotopic (exact) mass is 468 g/mol. The fourth-order valence-corrected chi connectivity index (χ4v) is 4.02. The molecule has 0 heterocycles. The highest BCUT2D eigenvalue weighted by atomic mass is 35.5. The molecule has 0 fully saturated rings. The first kappa shape index (κ1) is 24.8.